The monoisotopic (exact) mass is 245 g/mol. The largest absolute Gasteiger partial charge is 0.528 e. The number of hydrogen-bond acceptors (Lipinski definition) is 4. The maximum atomic E-state index is 9.47. The predicted octanol–water partition coefficient (Wildman–Crippen LogP) is 1.10. The topological polar surface area (TPSA) is 56.8 Å². The van der Waals surface area contributed by atoms with Gasteiger partial charge in [0.1, 0.15) is 5.58 Å². The first-order valence-corrected chi connectivity index (χ1v) is 6.40. The number of nitrogens with zero attached hydrogens (tertiary/aromatic N) is 1. The molecular weight excluding hydrogens is 229 g/mol. The van der Waals surface area contributed by atoms with Gasteiger partial charge in [-0.3, -0.25) is 0 Å². The standard InChI is InChI=1S/C13H16BNO3/c16-14(17)13-12(15-8-4-1-5-9-15)10-6-2-3-7-11(10)18-13/h2-3,6-7,16-17H,1,4-5,8-9H2. The highest BCUT2D eigenvalue weighted by atomic mass is 16.4. The van der Waals surface area contributed by atoms with Crippen molar-refractivity contribution in [3.05, 3.63) is 24.3 Å². The number of furan rings is 1. The Balaban J connectivity index is 2.14. The van der Waals surface area contributed by atoms with Gasteiger partial charge in [0.05, 0.1) is 5.69 Å². The van der Waals surface area contributed by atoms with Crippen molar-refractivity contribution in [1.82, 2.24) is 0 Å². The van der Waals surface area contributed by atoms with E-state index in [1.54, 1.807) is 0 Å². The zero-order valence-electron chi connectivity index (χ0n) is 10.2. The van der Waals surface area contributed by atoms with Gasteiger partial charge in [-0.15, -0.1) is 0 Å². The van der Waals surface area contributed by atoms with E-state index in [4.69, 9.17) is 4.42 Å². The Labute approximate surface area is 106 Å². The Hall–Kier alpha value is -1.46. The highest BCUT2D eigenvalue weighted by Gasteiger charge is 2.28. The van der Waals surface area contributed by atoms with E-state index >= 15 is 0 Å². The summed E-state index contributed by atoms with van der Waals surface area (Å²) in [5.74, 6) is 0. The van der Waals surface area contributed by atoms with Gasteiger partial charge in [0.25, 0.3) is 0 Å². The number of rotatable bonds is 2. The molecule has 0 amide bonds. The van der Waals surface area contributed by atoms with Gasteiger partial charge in [0, 0.05) is 18.5 Å². The minimum atomic E-state index is -1.56. The molecule has 0 atom stereocenters. The second-order valence-corrected chi connectivity index (χ2v) is 4.73. The lowest BCUT2D eigenvalue weighted by atomic mass is 9.85. The molecular formula is C13H16BNO3. The average molecular weight is 245 g/mol. The fourth-order valence-corrected chi connectivity index (χ4v) is 2.67. The second-order valence-electron chi connectivity index (χ2n) is 4.73. The fraction of sp³-hybridized carbons (Fsp3) is 0.385. The molecule has 0 unspecified atom stereocenters. The van der Waals surface area contributed by atoms with E-state index in [1.807, 2.05) is 24.3 Å². The Morgan fingerprint density at radius 1 is 1.06 bits per heavy atom. The van der Waals surface area contributed by atoms with Crippen molar-refractivity contribution < 1.29 is 14.5 Å². The molecule has 0 saturated carbocycles. The van der Waals surface area contributed by atoms with E-state index in [1.165, 1.54) is 6.42 Å². The number of piperidine rings is 1. The van der Waals surface area contributed by atoms with Crippen molar-refractivity contribution in [2.75, 3.05) is 18.0 Å². The molecule has 1 fully saturated rings. The molecule has 0 aliphatic carbocycles. The van der Waals surface area contributed by atoms with Crippen molar-refractivity contribution in [2.45, 2.75) is 19.3 Å². The molecule has 0 spiro atoms. The summed E-state index contributed by atoms with van der Waals surface area (Å²) in [5, 5.41) is 19.9. The number of anilines is 1. The van der Waals surface area contributed by atoms with E-state index in [9.17, 15) is 10.0 Å². The maximum Gasteiger partial charge on any atom is 0.528 e. The molecule has 3 rings (SSSR count). The summed E-state index contributed by atoms with van der Waals surface area (Å²) in [6, 6.07) is 7.65. The van der Waals surface area contributed by atoms with Crippen LogP contribution in [0.2, 0.25) is 0 Å². The Kier molecular flexibility index (Phi) is 3.01. The van der Waals surface area contributed by atoms with Crippen LogP contribution in [0.5, 0.6) is 0 Å². The molecule has 0 radical (unpaired) electrons. The van der Waals surface area contributed by atoms with Crippen LogP contribution >= 0.6 is 0 Å². The third-order valence-corrected chi connectivity index (χ3v) is 3.50. The van der Waals surface area contributed by atoms with Crippen LogP contribution in [0.3, 0.4) is 0 Å². The Morgan fingerprint density at radius 2 is 1.78 bits per heavy atom. The number of hydrogen-bond donors (Lipinski definition) is 2. The maximum absolute atomic E-state index is 9.47. The van der Waals surface area contributed by atoms with Gasteiger partial charge in [-0.05, 0) is 31.4 Å². The first-order chi connectivity index (χ1) is 8.77. The fourth-order valence-electron chi connectivity index (χ4n) is 2.67. The Bertz CT molecular complexity index is 546. The summed E-state index contributed by atoms with van der Waals surface area (Å²) < 4.78 is 5.57. The number of benzene rings is 1. The van der Waals surface area contributed by atoms with E-state index < -0.39 is 7.12 Å². The van der Waals surface area contributed by atoms with Gasteiger partial charge in [0.15, 0.2) is 5.66 Å². The molecule has 5 heteroatoms. The van der Waals surface area contributed by atoms with Gasteiger partial charge in [-0.1, -0.05) is 12.1 Å². The number of fused-ring (bicyclic) bond motifs is 1. The minimum absolute atomic E-state index is 0.262. The lowest BCUT2D eigenvalue weighted by molar-refractivity contribution is 0.412. The molecule has 2 aromatic rings. The zero-order valence-corrected chi connectivity index (χ0v) is 10.2. The molecule has 1 aromatic carbocycles. The lowest BCUT2D eigenvalue weighted by Gasteiger charge is -2.28. The van der Waals surface area contributed by atoms with Crippen molar-refractivity contribution in [3.8, 4) is 0 Å². The van der Waals surface area contributed by atoms with Gasteiger partial charge >= 0.3 is 7.12 Å². The normalized spacial score (nSPS) is 16.2. The Morgan fingerprint density at radius 3 is 2.50 bits per heavy atom. The highest BCUT2D eigenvalue weighted by molar-refractivity contribution is 6.60. The quantitative estimate of drug-likeness (QED) is 0.778. The average Bonchev–Trinajstić information content (AvgIpc) is 2.79. The smallest absolute Gasteiger partial charge is 0.462 e. The van der Waals surface area contributed by atoms with Crippen LogP contribution in [-0.2, 0) is 0 Å². The third-order valence-electron chi connectivity index (χ3n) is 3.50. The van der Waals surface area contributed by atoms with Crippen LogP contribution in [0.1, 0.15) is 19.3 Å². The molecule has 0 bridgehead atoms. The van der Waals surface area contributed by atoms with Crippen LogP contribution in [0.25, 0.3) is 11.0 Å². The molecule has 94 valence electrons. The van der Waals surface area contributed by atoms with Crippen LogP contribution in [-0.4, -0.2) is 30.3 Å². The van der Waals surface area contributed by atoms with Crippen LogP contribution in [0.15, 0.2) is 28.7 Å². The van der Waals surface area contributed by atoms with Crippen molar-refractivity contribution in [1.29, 1.82) is 0 Å². The summed E-state index contributed by atoms with van der Waals surface area (Å²) >= 11 is 0. The van der Waals surface area contributed by atoms with E-state index in [0.29, 0.717) is 5.58 Å². The molecule has 2 heterocycles. The van der Waals surface area contributed by atoms with Crippen molar-refractivity contribution in [3.63, 3.8) is 0 Å². The van der Waals surface area contributed by atoms with Crippen LogP contribution in [0.4, 0.5) is 5.69 Å². The van der Waals surface area contributed by atoms with E-state index in [0.717, 1.165) is 37.0 Å². The van der Waals surface area contributed by atoms with Gasteiger partial charge < -0.3 is 19.4 Å². The zero-order chi connectivity index (χ0) is 12.5. The summed E-state index contributed by atoms with van der Waals surface area (Å²) in [6.45, 7) is 1.90. The summed E-state index contributed by atoms with van der Waals surface area (Å²) in [5.41, 5.74) is 1.82. The number of para-hydroxylation sites is 1. The first-order valence-electron chi connectivity index (χ1n) is 6.40. The minimum Gasteiger partial charge on any atom is -0.462 e. The van der Waals surface area contributed by atoms with Crippen molar-refractivity contribution in [2.24, 2.45) is 0 Å². The molecule has 1 aliphatic rings. The SMILES string of the molecule is OB(O)c1oc2ccccc2c1N1CCCCC1. The van der Waals surface area contributed by atoms with Gasteiger partial charge in [0.2, 0.25) is 0 Å². The molecule has 18 heavy (non-hydrogen) atoms. The summed E-state index contributed by atoms with van der Waals surface area (Å²) in [7, 11) is -1.56. The summed E-state index contributed by atoms with van der Waals surface area (Å²) in [6.07, 6.45) is 3.52. The highest BCUT2D eigenvalue weighted by Crippen LogP contribution is 2.29. The van der Waals surface area contributed by atoms with Crippen LogP contribution in [0, 0.1) is 0 Å². The predicted molar refractivity (Wildman–Crippen MR) is 72.1 cm³/mol. The van der Waals surface area contributed by atoms with Crippen molar-refractivity contribution >= 4 is 29.4 Å². The van der Waals surface area contributed by atoms with E-state index in [-0.39, 0.29) is 5.66 Å². The van der Waals surface area contributed by atoms with Gasteiger partial charge in [-0.2, -0.15) is 0 Å². The third kappa shape index (κ3) is 1.89. The molecule has 1 saturated heterocycles. The lowest BCUT2D eigenvalue weighted by Crippen LogP contribution is -2.38. The van der Waals surface area contributed by atoms with E-state index in [2.05, 4.69) is 4.90 Å². The van der Waals surface area contributed by atoms with Gasteiger partial charge in [-0.25, -0.2) is 0 Å². The molecule has 2 N–H and O–H groups in total. The summed E-state index contributed by atoms with van der Waals surface area (Å²) in [4.78, 5) is 2.20. The molecule has 4 nitrogen and oxygen atoms in total. The van der Waals surface area contributed by atoms with Crippen LogP contribution < -0.4 is 10.6 Å². The molecule has 1 aromatic heterocycles. The molecule has 1 aliphatic heterocycles. The first kappa shape index (κ1) is 11.6. The second kappa shape index (κ2) is 4.67.